The average molecular weight is 1380 g/mol. The molecule has 19 rings (SSSR count). The van der Waals surface area contributed by atoms with Gasteiger partial charge in [-0.15, -0.1) is 0 Å². The largest absolute Gasteiger partial charge is 0.445 e. The fourth-order valence-electron chi connectivity index (χ4n) is 29.2. The van der Waals surface area contributed by atoms with Gasteiger partial charge >= 0.3 is 6.09 Å². The fourth-order valence-corrected chi connectivity index (χ4v) is 29.2. The van der Waals surface area contributed by atoms with Crippen LogP contribution in [0.1, 0.15) is 263 Å². The molecule has 0 aromatic heterocycles. The molecule has 101 heavy (non-hydrogen) atoms. The molecule has 1 aromatic rings. The Hall–Kier alpha value is -3.38. The van der Waals surface area contributed by atoms with Crippen molar-refractivity contribution in [2.24, 2.45) is 117 Å². The van der Waals surface area contributed by atoms with Gasteiger partial charge in [0.15, 0.2) is 0 Å². The molecule has 6 aliphatic heterocycles. The predicted octanol–water partition coefficient (Wildman–Crippen LogP) is 19.0. The van der Waals surface area contributed by atoms with Gasteiger partial charge in [-0.1, -0.05) is 145 Å². The highest BCUT2D eigenvalue weighted by Crippen LogP contribution is 2.70. The SMILES string of the molecule is CC1=C2C[C@H]3[C@@H](CC=C4C[C@@H](C)CC[C@@]43C)[C@@H]2CC[C@]12O[C@@H]1C[C@H](C)CN(C(=O)OCc3ccccc3)[C@H]1[C@H]2C.CC1=C2C[C@H]3[C@@H](CC=C4C[C@@H](O)CC[C@@]43C)[C@@H]2CC[C@]12O[C@@H]1C[C@H](C)CN[C@H]1[C@H]2C.CC1=C2C[C@H]3[C@@H](CC[C@@H]4CC(=O)CC[C@@]43C)[C@@H]2CC[C@@]2(C1)O[C@@H]1C[C@H](C)CN[C@H]1[C@H]2C. The average Bonchev–Trinajstić information content (AvgIpc) is 1.56. The Balaban J connectivity index is 0.000000114. The number of allylic oxidation sites excluding steroid dienone is 6. The summed E-state index contributed by atoms with van der Waals surface area (Å²) in [7, 11) is 0. The molecule has 554 valence electrons. The number of nitrogens with zero attached hydrogens (tertiary/aromatic N) is 1. The molecule has 0 radical (unpaired) electrons. The number of rotatable bonds is 2. The zero-order valence-electron chi connectivity index (χ0n) is 65.0. The number of Topliss-reactive ketones (excluding diaryl/α,β-unsaturated/α-hetero) is 1. The summed E-state index contributed by atoms with van der Waals surface area (Å²) in [5, 5.41) is 18.0. The molecule has 6 heterocycles. The lowest BCUT2D eigenvalue weighted by molar-refractivity contribution is -0.129. The van der Waals surface area contributed by atoms with Gasteiger partial charge in [-0.2, -0.15) is 0 Å². The topological polar surface area (TPSA) is 119 Å². The summed E-state index contributed by atoms with van der Waals surface area (Å²) in [6, 6.07) is 11.2. The zero-order chi connectivity index (χ0) is 70.2. The van der Waals surface area contributed by atoms with Crippen LogP contribution in [0.15, 0.2) is 87.1 Å². The van der Waals surface area contributed by atoms with Crippen LogP contribution in [0.5, 0.6) is 0 Å². The Morgan fingerprint density at radius 1 is 0.574 bits per heavy atom. The van der Waals surface area contributed by atoms with Crippen molar-refractivity contribution < 1.29 is 33.6 Å². The molecule has 18 aliphatic rings. The molecule has 0 unspecified atom stereocenters. The molecule has 0 bridgehead atoms. The summed E-state index contributed by atoms with van der Waals surface area (Å²) in [4.78, 5) is 27.7. The van der Waals surface area contributed by atoms with Crippen molar-refractivity contribution in [3.05, 3.63) is 92.6 Å². The second-order valence-electron chi connectivity index (χ2n) is 39.9. The van der Waals surface area contributed by atoms with E-state index in [2.05, 4.69) is 113 Å². The van der Waals surface area contributed by atoms with Gasteiger partial charge in [-0.25, -0.2) is 4.79 Å². The molecule has 6 saturated heterocycles. The maximum Gasteiger partial charge on any atom is 0.410 e. The normalized spacial score (nSPS) is 50.4. The number of hydrogen-bond acceptors (Lipinski definition) is 9. The summed E-state index contributed by atoms with van der Waals surface area (Å²) < 4.78 is 27.2. The van der Waals surface area contributed by atoms with Gasteiger partial charge in [0, 0.05) is 49.2 Å². The number of aliphatic hydroxyl groups excluding tert-OH is 1. The summed E-state index contributed by atoms with van der Waals surface area (Å²) in [6.07, 6.45) is 36.8. The first-order valence-corrected chi connectivity index (χ1v) is 42.5. The third kappa shape index (κ3) is 11.3. The molecule has 10 nitrogen and oxygen atoms in total. The number of ether oxygens (including phenoxy) is 4. The minimum Gasteiger partial charge on any atom is -0.445 e. The molecule has 10 heteroatoms. The molecular weight excluding hydrogens is 1250 g/mol. The standard InChI is InChI=1S/C36H49NO3.C28H43NO2.C27H41NO2/c1-22-13-15-35(5)27(17-22)11-12-29-28-14-16-36(24(3)30(28)19-31(29)35)25(4)33-32(40-36)18-23(2)20-37(33)34(38)39-21-26-9-7-6-8-10-26;1-16-11-25-26(29-15-16)18(3)28(31-25)10-8-21-22-6-5-19-12-20(30)7-9-27(19,4)24(22)13-23(21)17(2)14-28;1-15-11-24-25(28-14-15)17(3)27(30-24)10-8-20-21-6-5-18-12-19(29)7-9-26(18,4)23(21)13-22(20)16(27)2/h6-11,22-23,25,28-29,31-33H,12-21H2,1-5H3;16,18-19,21-22,24-26,29H,5-15H2,1-4H3;5,15,17,19-21,23-25,28-29H,6-14H2,1-4H3/t22-,23-,25+,28-,29-,31-,32+,33-,35-,36-;16-,18+,19+,21-,22-,24-,25+,26-,27-,28-;15-,17+,19-,20-,21-,23-,24+,25-,26-,27-/m000/s1. The number of fused-ring (bicyclic) bond motifs is 18. The van der Waals surface area contributed by atoms with E-state index in [1.54, 1.807) is 33.4 Å². The van der Waals surface area contributed by atoms with Gasteiger partial charge in [0.1, 0.15) is 12.4 Å². The van der Waals surface area contributed by atoms with E-state index in [1.165, 1.54) is 121 Å². The van der Waals surface area contributed by atoms with E-state index in [0.717, 1.165) is 142 Å². The number of carbonyl (C=O) groups is 2. The van der Waals surface area contributed by atoms with Crippen molar-refractivity contribution in [2.75, 3.05) is 19.6 Å². The number of piperidine rings is 3. The minimum absolute atomic E-state index is 0.0222. The van der Waals surface area contributed by atoms with Crippen LogP contribution in [-0.4, -0.2) is 101 Å². The van der Waals surface area contributed by atoms with Crippen molar-refractivity contribution >= 4 is 11.9 Å². The molecule has 1 amide bonds. The first-order chi connectivity index (χ1) is 48.3. The molecule has 7 saturated carbocycles. The molecular formula is C91H133N3O7. The van der Waals surface area contributed by atoms with Crippen molar-refractivity contribution in [2.45, 2.75) is 323 Å². The van der Waals surface area contributed by atoms with Crippen LogP contribution in [0.25, 0.3) is 0 Å². The molecule has 30 atom stereocenters. The van der Waals surface area contributed by atoms with E-state index < -0.39 is 0 Å². The monoisotopic (exact) mass is 1380 g/mol. The number of aliphatic hydroxyl groups is 1. The number of amides is 1. The van der Waals surface area contributed by atoms with Crippen LogP contribution in [0.4, 0.5) is 4.79 Å². The van der Waals surface area contributed by atoms with Crippen LogP contribution in [0.2, 0.25) is 0 Å². The van der Waals surface area contributed by atoms with Crippen LogP contribution in [0.3, 0.4) is 0 Å². The smallest absolute Gasteiger partial charge is 0.410 e. The third-order valence-corrected chi connectivity index (χ3v) is 35.0. The zero-order valence-corrected chi connectivity index (χ0v) is 65.0. The van der Waals surface area contributed by atoms with Crippen LogP contribution in [0, 0.1) is 117 Å². The van der Waals surface area contributed by atoms with Crippen molar-refractivity contribution in [3.63, 3.8) is 0 Å². The van der Waals surface area contributed by atoms with E-state index in [4.69, 9.17) is 18.9 Å². The molecule has 13 fully saturated rings. The van der Waals surface area contributed by atoms with Crippen LogP contribution >= 0.6 is 0 Å². The second-order valence-corrected chi connectivity index (χ2v) is 39.9. The fraction of sp³-hybridized carbons (Fsp3) is 0.802. The Kier molecular flexibility index (Phi) is 18.3. The summed E-state index contributed by atoms with van der Waals surface area (Å²) in [5.74, 6) is 12.4. The highest BCUT2D eigenvalue weighted by molar-refractivity contribution is 5.79. The van der Waals surface area contributed by atoms with Gasteiger partial charge < -0.3 is 39.6 Å². The maximum absolute atomic E-state index is 13.5. The number of likely N-dealkylation sites (tertiary alicyclic amines) is 1. The Morgan fingerprint density at radius 3 is 1.82 bits per heavy atom. The van der Waals surface area contributed by atoms with Crippen molar-refractivity contribution in [1.29, 1.82) is 0 Å². The maximum atomic E-state index is 13.5. The summed E-state index contributed by atoms with van der Waals surface area (Å²) >= 11 is 0. The molecule has 3 N–H and O–H groups in total. The highest BCUT2D eigenvalue weighted by atomic mass is 16.6. The number of hydrogen-bond donors (Lipinski definition) is 3. The van der Waals surface area contributed by atoms with E-state index >= 15 is 0 Å². The summed E-state index contributed by atoms with van der Waals surface area (Å²) in [5.41, 5.74) is 15.4. The van der Waals surface area contributed by atoms with Gasteiger partial charge in [0.25, 0.3) is 0 Å². The molecule has 3 spiro atoms. The highest BCUT2D eigenvalue weighted by Gasteiger charge is 2.66. The Morgan fingerprint density at radius 2 is 1.15 bits per heavy atom. The molecule has 12 aliphatic carbocycles. The second kappa shape index (κ2) is 26.2. The lowest BCUT2D eigenvalue weighted by atomic mass is 9.52. The van der Waals surface area contributed by atoms with Crippen molar-refractivity contribution in [1.82, 2.24) is 15.5 Å². The number of benzene rings is 1. The van der Waals surface area contributed by atoms with Gasteiger partial charge in [0.2, 0.25) is 0 Å². The lowest BCUT2D eigenvalue weighted by Gasteiger charge is -2.52. The van der Waals surface area contributed by atoms with E-state index in [0.29, 0.717) is 82.5 Å². The number of ketones is 1. The quantitative estimate of drug-likeness (QED) is 0.249. The van der Waals surface area contributed by atoms with E-state index in [-0.39, 0.29) is 47.1 Å². The third-order valence-electron chi connectivity index (χ3n) is 35.0. The Bertz CT molecular complexity index is 3530. The number of carbonyl (C=O) groups excluding carboxylic acids is 2. The molecule has 1 aromatic carbocycles. The first-order valence-electron chi connectivity index (χ1n) is 42.5. The lowest BCUT2D eigenvalue weighted by Crippen LogP contribution is -2.54. The Labute approximate surface area is 609 Å². The van der Waals surface area contributed by atoms with Gasteiger partial charge in [-0.3, -0.25) is 4.79 Å². The number of nitrogens with one attached hydrogen (secondary N) is 2. The summed E-state index contributed by atoms with van der Waals surface area (Å²) in [6.45, 7) is 35.1. The van der Waals surface area contributed by atoms with Gasteiger partial charge in [0.05, 0.1) is 47.3 Å². The van der Waals surface area contributed by atoms with E-state index in [9.17, 15) is 14.7 Å². The van der Waals surface area contributed by atoms with Crippen LogP contribution < -0.4 is 10.6 Å². The van der Waals surface area contributed by atoms with E-state index in [1.807, 2.05) is 40.8 Å². The predicted molar refractivity (Wildman–Crippen MR) is 402 cm³/mol. The van der Waals surface area contributed by atoms with Crippen LogP contribution in [-0.2, 0) is 30.3 Å². The van der Waals surface area contributed by atoms with Crippen molar-refractivity contribution in [3.8, 4) is 0 Å². The first kappa shape index (κ1) is 70.6. The minimum atomic E-state index is -0.241. The van der Waals surface area contributed by atoms with Gasteiger partial charge in [-0.05, 0) is 304 Å².